The van der Waals surface area contributed by atoms with Crippen LogP contribution in [0, 0.1) is 5.92 Å². The van der Waals surface area contributed by atoms with Crippen molar-refractivity contribution in [1.82, 2.24) is 5.32 Å². The number of rotatable bonds is 6. The average Bonchev–Trinajstić information content (AvgIpc) is 3.24. The van der Waals surface area contributed by atoms with Gasteiger partial charge in [-0.15, -0.1) is 0 Å². The largest absolute Gasteiger partial charge is 0.396 e. The van der Waals surface area contributed by atoms with E-state index in [1.807, 2.05) is 0 Å². The lowest BCUT2D eigenvalue weighted by Crippen LogP contribution is -2.25. The summed E-state index contributed by atoms with van der Waals surface area (Å²) in [5, 5.41) is 14.1. The molecule has 3 N–H and O–H groups in total. The topological polar surface area (TPSA) is 78.4 Å². The molecule has 102 valence electrons. The van der Waals surface area contributed by atoms with Crippen molar-refractivity contribution >= 4 is 17.5 Å². The Hall–Kier alpha value is -1.88. The first-order valence-corrected chi connectivity index (χ1v) is 6.50. The maximum absolute atomic E-state index is 11.7. The quantitative estimate of drug-likeness (QED) is 0.673. The second-order valence-electron chi connectivity index (χ2n) is 4.67. The number of aliphatic hydroxyl groups is 1. The fraction of sp³-hybridized carbons (Fsp3) is 0.429. The molecule has 0 unspecified atom stereocenters. The van der Waals surface area contributed by atoms with E-state index in [1.165, 1.54) is 0 Å². The molecule has 0 saturated heterocycles. The highest BCUT2D eigenvalue weighted by molar-refractivity contribution is 5.96. The van der Waals surface area contributed by atoms with Gasteiger partial charge in [0.1, 0.15) is 0 Å². The third kappa shape index (κ3) is 4.06. The molecule has 1 aromatic rings. The highest BCUT2D eigenvalue weighted by Crippen LogP contribution is 2.30. The lowest BCUT2D eigenvalue weighted by molar-refractivity contribution is -0.117. The Bertz CT molecular complexity index is 452. The summed E-state index contributed by atoms with van der Waals surface area (Å²) >= 11 is 0. The predicted molar refractivity (Wildman–Crippen MR) is 71.8 cm³/mol. The molecule has 5 heteroatoms. The monoisotopic (exact) mass is 262 g/mol. The van der Waals surface area contributed by atoms with E-state index in [2.05, 4.69) is 10.6 Å². The molecule has 19 heavy (non-hydrogen) atoms. The van der Waals surface area contributed by atoms with Gasteiger partial charge in [-0.1, -0.05) is 0 Å². The fourth-order valence-electron chi connectivity index (χ4n) is 1.68. The Labute approximate surface area is 112 Å². The number of nitrogens with one attached hydrogen (secondary N) is 2. The molecule has 5 nitrogen and oxygen atoms in total. The maximum Gasteiger partial charge on any atom is 0.251 e. The Kier molecular flexibility index (Phi) is 4.52. The van der Waals surface area contributed by atoms with Crippen molar-refractivity contribution in [3.63, 3.8) is 0 Å². The summed E-state index contributed by atoms with van der Waals surface area (Å²) in [6.07, 6.45) is 2.48. The van der Waals surface area contributed by atoms with E-state index in [0.29, 0.717) is 24.2 Å². The van der Waals surface area contributed by atoms with E-state index in [9.17, 15) is 9.59 Å². The van der Waals surface area contributed by atoms with Crippen molar-refractivity contribution in [1.29, 1.82) is 0 Å². The van der Waals surface area contributed by atoms with Gasteiger partial charge in [-0.2, -0.15) is 0 Å². The molecular weight excluding hydrogens is 244 g/mol. The summed E-state index contributed by atoms with van der Waals surface area (Å²) in [7, 11) is 0. The van der Waals surface area contributed by atoms with E-state index in [1.54, 1.807) is 24.3 Å². The third-order valence-corrected chi connectivity index (χ3v) is 2.98. The van der Waals surface area contributed by atoms with Crippen molar-refractivity contribution in [3.8, 4) is 0 Å². The van der Waals surface area contributed by atoms with Crippen LogP contribution in [0.5, 0.6) is 0 Å². The minimum atomic E-state index is -0.173. The van der Waals surface area contributed by atoms with Gasteiger partial charge in [0.05, 0.1) is 0 Å². The average molecular weight is 262 g/mol. The molecule has 0 radical (unpaired) electrons. The van der Waals surface area contributed by atoms with Crippen LogP contribution >= 0.6 is 0 Å². The summed E-state index contributed by atoms with van der Waals surface area (Å²) < 4.78 is 0. The first-order valence-electron chi connectivity index (χ1n) is 6.50. The Morgan fingerprint density at radius 3 is 2.47 bits per heavy atom. The third-order valence-electron chi connectivity index (χ3n) is 2.98. The normalized spacial score (nSPS) is 13.9. The number of benzene rings is 1. The molecule has 1 aliphatic rings. The lowest BCUT2D eigenvalue weighted by atomic mass is 10.2. The predicted octanol–water partition coefficient (Wildman–Crippen LogP) is 1.15. The van der Waals surface area contributed by atoms with Crippen LogP contribution in [0.4, 0.5) is 5.69 Å². The molecule has 2 rings (SSSR count). The Balaban J connectivity index is 1.86. The van der Waals surface area contributed by atoms with Crippen molar-refractivity contribution in [3.05, 3.63) is 29.8 Å². The molecule has 0 aliphatic heterocycles. The van der Waals surface area contributed by atoms with Gasteiger partial charge in [-0.3, -0.25) is 9.59 Å². The number of aliphatic hydroxyl groups excluding tert-OH is 1. The van der Waals surface area contributed by atoms with Crippen LogP contribution in [0.2, 0.25) is 0 Å². The highest BCUT2D eigenvalue weighted by atomic mass is 16.3. The number of carbonyl (C=O) groups excluding carboxylic acids is 2. The van der Waals surface area contributed by atoms with Gasteiger partial charge in [0, 0.05) is 30.3 Å². The van der Waals surface area contributed by atoms with Gasteiger partial charge >= 0.3 is 0 Å². The molecule has 0 aromatic heterocycles. The van der Waals surface area contributed by atoms with Crippen LogP contribution in [-0.2, 0) is 4.79 Å². The van der Waals surface area contributed by atoms with Crippen LogP contribution in [0.1, 0.15) is 29.6 Å². The van der Waals surface area contributed by atoms with Gasteiger partial charge in [-0.25, -0.2) is 0 Å². The highest BCUT2D eigenvalue weighted by Gasteiger charge is 2.29. The zero-order chi connectivity index (χ0) is 13.7. The van der Waals surface area contributed by atoms with E-state index in [0.717, 1.165) is 12.8 Å². The van der Waals surface area contributed by atoms with Crippen LogP contribution in [0.3, 0.4) is 0 Å². The lowest BCUT2D eigenvalue weighted by Gasteiger charge is -2.06. The zero-order valence-corrected chi connectivity index (χ0v) is 10.7. The maximum atomic E-state index is 11.7. The second-order valence-corrected chi connectivity index (χ2v) is 4.67. The number of hydrogen-bond acceptors (Lipinski definition) is 3. The number of hydrogen-bond donors (Lipinski definition) is 3. The number of carbonyl (C=O) groups is 2. The van der Waals surface area contributed by atoms with Gasteiger partial charge in [0.2, 0.25) is 5.91 Å². The summed E-state index contributed by atoms with van der Waals surface area (Å²) in [4.78, 5) is 23.2. The van der Waals surface area contributed by atoms with Crippen LogP contribution < -0.4 is 10.6 Å². The van der Waals surface area contributed by atoms with E-state index >= 15 is 0 Å². The van der Waals surface area contributed by atoms with Crippen molar-refractivity contribution in [2.45, 2.75) is 19.3 Å². The van der Waals surface area contributed by atoms with Crippen LogP contribution in [-0.4, -0.2) is 30.1 Å². The summed E-state index contributed by atoms with van der Waals surface area (Å²) in [5.41, 5.74) is 1.26. The van der Waals surface area contributed by atoms with Crippen molar-refractivity contribution < 1.29 is 14.7 Å². The molecule has 2 amide bonds. The van der Waals surface area contributed by atoms with E-state index in [-0.39, 0.29) is 24.3 Å². The Morgan fingerprint density at radius 2 is 1.89 bits per heavy atom. The first kappa shape index (κ1) is 13.5. The van der Waals surface area contributed by atoms with Gasteiger partial charge < -0.3 is 15.7 Å². The fourth-order valence-corrected chi connectivity index (χ4v) is 1.68. The van der Waals surface area contributed by atoms with Gasteiger partial charge in [0.15, 0.2) is 0 Å². The SMILES string of the molecule is O=C(NCCCO)c1ccc(NC(=O)C2CC2)cc1. The molecule has 0 bridgehead atoms. The van der Waals surface area contributed by atoms with Crippen molar-refractivity contribution in [2.24, 2.45) is 5.92 Å². The van der Waals surface area contributed by atoms with Crippen LogP contribution in [0.15, 0.2) is 24.3 Å². The van der Waals surface area contributed by atoms with Crippen molar-refractivity contribution in [2.75, 3.05) is 18.5 Å². The standard InChI is InChI=1S/C14H18N2O3/c17-9-1-8-15-13(18)10-4-6-12(7-5-10)16-14(19)11-2-3-11/h4-7,11,17H,1-3,8-9H2,(H,15,18)(H,16,19). The molecule has 1 saturated carbocycles. The first-order chi connectivity index (χ1) is 9.20. The number of anilines is 1. The summed E-state index contributed by atoms with van der Waals surface area (Å²) in [5.74, 6) is 0.0510. The van der Waals surface area contributed by atoms with Gasteiger partial charge in [-0.05, 0) is 43.5 Å². The van der Waals surface area contributed by atoms with E-state index in [4.69, 9.17) is 5.11 Å². The van der Waals surface area contributed by atoms with Crippen LogP contribution in [0.25, 0.3) is 0 Å². The summed E-state index contributed by atoms with van der Waals surface area (Å²) in [6, 6.07) is 6.80. The van der Waals surface area contributed by atoms with Gasteiger partial charge in [0.25, 0.3) is 5.91 Å². The van der Waals surface area contributed by atoms with E-state index < -0.39 is 0 Å². The minimum Gasteiger partial charge on any atom is -0.396 e. The molecular formula is C14H18N2O3. The molecule has 0 heterocycles. The Morgan fingerprint density at radius 1 is 1.21 bits per heavy atom. The summed E-state index contributed by atoms with van der Waals surface area (Å²) in [6.45, 7) is 0.516. The molecule has 1 aromatic carbocycles. The molecule has 0 spiro atoms. The zero-order valence-electron chi connectivity index (χ0n) is 10.7. The molecule has 1 aliphatic carbocycles. The molecule has 1 fully saturated rings. The number of amides is 2. The second kappa shape index (κ2) is 6.33. The molecule has 0 atom stereocenters. The minimum absolute atomic E-state index is 0.0557. The smallest absolute Gasteiger partial charge is 0.251 e.